The molecule has 31 heavy (non-hydrogen) atoms. The van der Waals surface area contributed by atoms with Gasteiger partial charge in [0.1, 0.15) is 11.4 Å². The van der Waals surface area contributed by atoms with Crippen LogP contribution < -0.4 is 10.5 Å². The van der Waals surface area contributed by atoms with Gasteiger partial charge in [-0.2, -0.15) is 0 Å². The number of carbonyl (C=O) groups is 1. The van der Waals surface area contributed by atoms with Crippen LogP contribution in [0, 0.1) is 0 Å². The summed E-state index contributed by atoms with van der Waals surface area (Å²) < 4.78 is 5.55. The van der Waals surface area contributed by atoms with Crippen LogP contribution in [-0.4, -0.2) is 41.0 Å². The summed E-state index contributed by atoms with van der Waals surface area (Å²) >= 11 is 0. The highest BCUT2D eigenvalue weighted by molar-refractivity contribution is 6.01. The Bertz CT molecular complexity index is 1270. The Kier molecular flexibility index (Phi) is 4.82. The van der Waals surface area contributed by atoms with Crippen molar-refractivity contribution in [2.45, 2.75) is 12.8 Å². The number of hydrogen-bond acceptors (Lipinski definition) is 4. The van der Waals surface area contributed by atoms with E-state index in [4.69, 9.17) is 10.5 Å². The van der Waals surface area contributed by atoms with Gasteiger partial charge in [-0.05, 0) is 42.7 Å². The number of rotatable bonds is 4. The fourth-order valence-electron chi connectivity index (χ4n) is 4.26. The number of fused-ring (bicyclic) bond motifs is 1. The number of hydrogen-bond donors (Lipinski definition) is 2. The molecule has 2 aromatic heterocycles. The first-order valence-corrected chi connectivity index (χ1v) is 10.5. The number of benzene rings is 2. The van der Waals surface area contributed by atoms with E-state index < -0.39 is 0 Å². The van der Waals surface area contributed by atoms with E-state index in [-0.39, 0.29) is 5.91 Å². The fraction of sp³-hybridized carbons (Fsp3) is 0.200. The molecule has 0 aliphatic carbocycles. The maximum absolute atomic E-state index is 12.9. The van der Waals surface area contributed by atoms with E-state index in [0.29, 0.717) is 11.3 Å². The first-order chi connectivity index (χ1) is 15.2. The number of nitrogen functional groups attached to an aromatic ring is 1. The number of nitrogens with one attached hydrogen (secondary N) is 1. The molecule has 5 rings (SSSR count). The van der Waals surface area contributed by atoms with Crippen molar-refractivity contribution in [3.05, 3.63) is 66.5 Å². The Morgan fingerprint density at radius 1 is 1.06 bits per heavy atom. The number of carbonyl (C=O) groups excluding carboxylic acids is 1. The van der Waals surface area contributed by atoms with Crippen molar-refractivity contribution in [3.8, 4) is 28.0 Å². The van der Waals surface area contributed by atoms with E-state index in [1.54, 1.807) is 13.2 Å². The maximum Gasteiger partial charge on any atom is 0.255 e. The minimum Gasteiger partial charge on any atom is -0.496 e. The third kappa shape index (κ3) is 3.40. The highest BCUT2D eigenvalue weighted by atomic mass is 16.5. The number of anilines is 1. The molecule has 1 aliphatic heterocycles. The van der Waals surface area contributed by atoms with E-state index in [2.05, 4.69) is 16.0 Å². The van der Waals surface area contributed by atoms with Crippen LogP contribution in [0.5, 0.6) is 5.75 Å². The average molecular weight is 412 g/mol. The number of aromatic nitrogens is 2. The lowest BCUT2D eigenvalue weighted by Crippen LogP contribution is -2.28. The lowest BCUT2D eigenvalue weighted by atomic mass is 9.99. The molecule has 3 heterocycles. The van der Waals surface area contributed by atoms with Gasteiger partial charge in [0.15, 0.2) is 0 Å². The molecule has 0 spiro atoms. The molecule has 0 saturated carbocycles. The van der Waals surface area contributed by atoms with Crippen LogP contribution in [0.4, 0.5) is 5.69 Å². The Labute approximate surface area is 180 Å². The van der Waals surface area contributed by atoms with Crippen molar-refractivity contribution in [2.24, 2.45) is 0 Å². The van der Waals surface area contributed by atoms with Gasteiger partial charge in [0, 0.05) is 53.2 Å². The number of para-hydroxylation sites is 1. The molecule has 3 N–H and O–H groups in total. The molecule has 2 aromatic carbocycles. The van der Waals surface area contributed by atoms with E-state index >= 15 is 0 Å². The van der Waals surface area contributed by atoms with Crippen molar-refractivity contribution in [3.63, 3.8) is 0 Å². The largest absolute Gasteiger partial charge is 0.496 e. The van der Waals surface area contributed by atoms with Crippen LogP contribution >= 0.6 is 0 Å². The number of methoxy groups -OCH3 is 1. The van der Waals surface area contributed by atoms with Gasteiger partial charge < -0.3 is 20.4 Å². The SMILES string of the molecule is COc1ccccc1-c1c[nH]c2ncc(-c3ccc(N)c(C(=O)N4CCCC4)c3)cc12. The Morgan fingerprint density at radius 2 is 1.87 bits per heavy atom. The molecule has 1 aliphatic rings. The second-order valence-corrected chi connectivity index (χ2v) is 7.82. The molecule has 1 saturated heterocycles. The third-order valence-corrected chi connectivity index (χ3v) is 5.94. The summed E-state index contributed by atoms with van der Waals surface area (Å²) in [5.74, 6) is 0.807. The Hall–Kier alpha value is -3.80. The lowest BCUT2D eigenvalue weighted by Gasteiger charge is -2.17. The molecule has 6 nitrogen and oxygen atoms in total. The van der Waals surface area contributed by atoms with Crippen LogP contribution in [0.25, 0.3) is 33.3 Å². The molecule has 0 unspecified atom stereocenters. The molecular weight excluding hydrogens is 388 g/mol. The molecule has 0 bridgehead atoms. The van der Waals surface area contributed by atoms with Gasteiger partial charge in [0.25, 0.3) is 5.91 Å². The first-order valence-electron chi connectivity index (χ1n) is 10.5. The van der Waals surface area contributed by atoms with E-state index in [1.165, 1.54) is 0 Å². The Balaban J connectivity index is 1.58. The summed E-state index contributed by atoms with van der Waals surface area (Å²) in [6.45, 7) is 1.59. The van der Waals surface area contributed by atoms with Crippen LogP contribution in [0.15, 0.2) is 60.9 Å². The third-order valence-electron chi connectivity index (χ3n) is 5.94. The van der Waals surface area contributed by atoms with Crippen LogP contribution in [0.3, 0.4) is 0 Å². The van der Waals surface area contributed by atoms with Gasteiger partial charge in [-0.1, -0.05) is 24.3 Å². The summed E-state index contributed by atoms with van der Waals surface area (Å²) in [5.41, 5.74) is 11.9. The summed E-state index contributed by atoms with van der Waals surface area (Å²) in [5, 5.41) is 0.992. The van der Waals surface area contributed by atoms with Crippen molar-refractivity contribution < 1.29 is 9.53 Å². The predicted octanol–water partition coefficient (Wildman–Crippen LogP) is 4.72. The van der Waals surface area contributed by atoms with Crippen molar-refractivity contribution in [1.82, 2.24) is 14.9 Å². The summed E-state index contributed by atoms with van der Waals surface area (Å²) in [6.07, 6.45) is 5.86. The number of pyridine rings is 1. The second-order valence-electron chi connectivity index (χ2n) is 7.82. The monoisotopic (exact) mass is 412 g/mol. The number of nitrogens with two attached hydrogens (primary N) is 1. The Morgan fingerprint density at radius 3 is 2.68 bits per heavy atom. The summed E-state index contributed by atoms with van der Waals surface area (Å²) in [6, 6.07) is 15.6. The predicted molar refractivity (Wildman–Crippen MR) is 123 cm³/mol. The minimum atomic E-state index is 0.00208. The standard InChI is InChI=1S/C25H24N4O2/c1-31-23-7-3-2-6-18(23)21-15-28-24-19(21)13-17(14-27-24)16-8-9-22(26)20(12-16)25(30)29-10-4-5-11-29/h2-3,6-9,12-15H,4-5,10-11,26H2,1H3,(H,27,28). The number of aromatic amines is 1. The minimum absolute atomic E-state index is 0.00208. The molecule has 6 heteroatoms. The highest BCUT2D eigenvalue weighted by Crippen LogP contribution is 2.36. The van der Waals surface area contributed by atoms with Crippen LogP contribution in [0.2, 0.25) is 0 Å². The van der Waals surface area contributed by atoms with Crippen molar-refractivity contribution in [2.75, 3.05) is 25.9 Å². The number of H-pyrrole nitrogens is 1. The highest BCUT2D eigenvalue weighted by Gasteiger charge is 2.22. The molecule has 4 aromatic rings. The topological polar surface area (TPSA) is 84.2 Å². The zero-order valence-electron chi connectivity index (χ0n) is 17.4. The molecule has 0 atom stereocenters. The van der Waals surface area contributed by atoms with E-state index in [9.17, 15) is 4.79 Å². The first kappa shape index (κ1) is 19.2. The second kappa shape index (κ2) is 7.80. The van der Waals surface area contributed by atoms with Gasteiger partial charge in [-0.25, -0.2) is 4.98 Å². The quantitative estimate of drug-likeness (QED) is 0.475. The van der Waals surface area contributed by atoms with Gasteiger partial charge >= 0.3 is 0 Å². The zero-order chi connectivity index (χ0) is 21.4. The van der Waals surface area contributed by atoms with Crippen molar-refractivity contribution >= 4 is 22.6 Å². The fourth-order valence-corrected chi connectivity index (χ4v) is 4.26. The average Bonchev–Trinajstić information content (AvgIpc) is 3.49. The number of nitrogens with zero attached hydrogens (tertiary/aromatic N) is 2. The number of ether oxygens (including phenoxy) is 1. The van der Waals surface area contributed by atoms with Crippen LogP contribution in [0.1, 0.15) is 23.2 Å². The maximum atomic E-state index is 12.9. The molecule has 0 radical (unpaired) electrons. The van der Waals surface area contributed by atoms with E-state index in [1.807, 2.05) is 53.7 Å². The van der Waals surface area contributed by atoms with Gasteiger partial charge in [0.05, 0.1) is 12.7 Å². The molecule has 1 amide bonds. The smallest absolute Gasteiger partial charge is 0.255 e. The molecule has 156 valence electrons. The van der Waals surface area contributed by atoms with Gasteiger partial charge in [0.2, 0.25) is 0 Å². The van der Waals surface area contributed by atoms with Crippen molar-refractivity contribution in [1.29, 1.82) is 0 Å². The summed E-state index contributed by atoms with van der Waals surface area (Å²) in [7, 11) is 1.67. The normalized spacial score (nSPS) is 13.6. The number of likely N-dealkylation sites (tertiary alicyclic amines) is 1. The van der Waals surface area contributed by atoms with Gasteiger partial charge in [-0.3, -0.25) is 4.79 Å². The number of amides is 1. The van der Waals surface area contributed by atoms with Crippen LogP contribution in [-0.2, 0) is 0 Å². The van der Waals surface area contributed by atoms with Gasteiger partial charge in [-0.15, -0.1) is 0 Å². The molecular formula is C25H24N4O2. The lowest BCUT2D eigenvalue weighted by molar-refractivity contribution is 0.0794. The summed E-state index contributed by atoms with van der Waals surface area (Å²) in [4.78, 5) is 22.7. The molecule has 1 fully saturated rings. The zero-order valence-corrected chi connectivity index (χ0v) is 17.4. The van der Waals surface area contributed by atoms with E-state index in [0.717, 1.165) is 65.0 Å².